The van der Waals surface area contributed by atoms with E-state index in [0.29, 0.717) is 0 Å². The highest BCUT2D eigenvalue weighted by Crippen LogP contribution is 2.35. The first-order valence-electron chi connectivity index (χ1n) is 11.6. The average molecular weight is 456 g/mol. The summed E-state index contributed by atoms with van der Waals surface area (Å²) in [7, 11) is 2.15. The zero-order chi connectivity index (χ0) is 23.1. The van der Waals surface area contributed by atoms with E-state index in [9.17, 15) is 4.39 Å². The highest BCUT2D eigenvalue weighted by molar-refractivity contribution is 5.83. The van der Waals surface area contributed by atoms with Gasteiger partial charge in [0, 0.05) is 54.8 Å². The zero-order valence-corrected chi connectivity index (χ0v) is 19.1. The number of rotatable bonds is 4. The van der Waals surface area contributed by atoms with Gasteiger partial charge in [-0.2, -0.15) is 5.10 Å². The van der Waals surface area contributed by atoms with Gasteiger partial charge in [-0.1, -0.05) is 18.2 Å². The number of anilines is 1. The monoisotopic (exact) mass is 455 g/mol. The number of nitrogens with one attached hydrogen (secondary N) is 2. The number of benzene rings is 1. The average Bonchev–Trinajstić information content (AvgIpc) is 3.52. The van der Waals surface area contributed by atoms with E-state index in [1.54, 1.807) is 12.1 Å². The molecule has 3 aromatic heterocycles. The minimum Gasteiger partial charge on any atom is -0.354 e. The lowest BCUT2D eigenvalue weighted by molar-refractivity contribution is 0.312. The van der Waals surface area contributed by atoms with Gasteiger partial charge in [0.05, 0.1) is 11.9 Å². The lowest BCUT2D eigenvalue weighted by Gasteiger charge is -2.33. The maximum atomic E-state index is 13.9. The summed E-state index contributed by atoms with van der Waals surface area (Å²) in [6.07, 6.45) is 7.60. The molecule has 1 saturated heterocycles. The Morgan fingerprint density at radius 2 is 1.88 bits per heavy atom. The number of pyridine rings is 1. The van der Waals surface area contributed by atoms with Crippen molar-refractivity contribution < 1.29 is 4.39 Å². The third-order valence-electron chi connectivity index (χ3n) is 6.67. The largest absolute Gasteiger partial charge is 0.354 e. The molecule has 0 amide bonds. The summed E-state index contributed by atoms with van der Waals surface area (Å²) in [5, 5.41) is 7.41. The second-order valence-electron chi connectivity index (χ2n) is 8.93. The predicted octanol–water partition coefficient (Wildman–Crippen LogP) is 4.13. The van der Waals surface area contributed by atoms with Crippen LogP contribution in [-0.2, 0) is 6.42 Å². The number of aromatic amines is 2. The van der Waals surface area contributed by atoms with E-state index in [1.165, 1.54) is 6.07 Å². The standard InChI is InChI=1S/C26H26FN7/c1-33-10-12-34(13-11-33)23-9-8-18(15-28-23)21-16-29-32-25(21)26-30-22-7-3-6-20(24(22)31-26)17-4-2-5-19(27)14-17/h2,4-6,8-9,14-16H,3,7,10-13H2,1H3,(H,29,32)(H,30,31). The number of aryl methyl sites for hydroxylation is 1. The fraction of sp³-hybridized carbons (Fsp3) is 0.269. The molecule has 0 saturated carbocycles. The number of aromatic nitrogens is 5. The predicted molar refractivity (Wildman–Crippen MR) is 131 cm³/mol. The van der Waals surface area contributed by atoms with Crippen LogP contribution in [0.25, 0.3) is 28.2 Å². The minimum atomic E-state index is -0.246. The van der Waals surface area contributed by atoms with Crippen LogP contribution in [0.5, 0.6) is 0 Å². The Labute approximate surface area is 197 Å². The van der Waals surface area contributed by atoms with Gasteiger partial charge in [0.15, 0.2) is 5.82 Å². The highest BCUT2D eigenvalue weighted by Gasteiger charge is 2.22. The summed E-state index contributed by atoms with van der Waals surface area (Å²) >= 11 is 0. The molecule has 1 fully saturated rings. The second kappa shape index (κ2) is 8.53. The Morgan fingerprint density at radius 1 is 1.00 bits per heavy atom. The van der Waals surface area contributed by atoms with Crippen molar-refractivity contribution >= 4 is 11.4 Å². The van der Waals surface area contributed by atoms with Crippen molar-refractivity contribution in [1.29, 1.82) is 0 Å². The molecule has 1 aliphatic carbocycles. The Morgan fingerprint density at radius 3 is 2.68 bits per heavy atom. The zero-order valence-electron chi connectivity index (χ0n) is 19.1. The lowest BCUT2D eigenvalue weighted by atomic mass is 9.94. The van der Waals surface area contributed by atoms with Gasteiger partial charge in [0.2, 0.25) is 0 Å². The summed E-state index contributed by atoms with van der Waals surface area (Å²) in [6.45, 7) is 4.06. The third-order valence-corrected chi connectivity index (χ3v) is 6.67. The molecule has 0 bridgehead atoms. The van der Waals surface area contributed by atoms with Crippen molar-refractivity contribution in [3.8, 4) is 22.6 Å². The van der Waals surface area contributed by atoms with Crippen LogP contribution in [0.4, 0.5) is 10.2 Å². The normalized spacial score (nSPS) is 16.4. The molecule has 2 aliphatic rings. The molecule has 1 aromatic carbocycles. The number of H-pyrrole nitrogens is 2. The molecule has 1 aliphatic heterocycles. The van der Waals surface area contributed by atoms with E-state index < -0.39 is 0 Å². The Kier molecular flexibility index (Phi) is 5.22. The molecule has 34 heavy (non-hydrogen) atoms. The van der Waals surface area contributed by atoms with Gasteiger partial charge < -0.3 is 14.8 Å². The number of piperazine rings is 1. The first-order chi connectivity index (χ1) is 16.7. The molecular weight excluding hydrogens is 429 g/mol. The third kappa shape index (κ3) is 3.80. The first kappa shape index (κ1) is 20.8. The maximum absolute atomic E-state index is 13.9. The van der Waals surface area contributed by atoms with E-state index in [4.69, 9.17) is 9.97 Å². The summed E-state index contributed by atoms with van der Waals surface area (Å²) < 4.78 is 13.9. The summed E-state index contributed by atoms with van der Waals surface area (Å²) in [5.74, 6) is 1.48. The summed E-state index contributed by atoms with van der Waals surface area (Å²) in [6, 6.07) is 10.9. The van der Waals surface area contributed by atoms with Gasteiger partial charge in [-0.15, -0.1) is 0 Å². The Hall–Kier alpha value is -3.78. The number of nitrogens with zero attached hydrogens (tertiary/aromatic N) is 5. The number of imidazole rings is 1. The van der Waals surface area contributed by atoms with E-state index >= 15 is 0 Å². The van der Waals surface area contributed by atoms with Crippen molar-refractivity contribution in [3.63, 3.8) is 0 Å². The van der Waals surface area contributed by atoms with Crippen LogP contribution in [0.3, 0.4) is 0 Å². The van der Waals surface area contributed by atoms with Crippen molar-refractivity contribution in [2.45, 2.75) is 12.8 Å². The van der Waals surface area contributed by atoms with E-state index in [-0.39, 0.29) is 5.82 Å². The molecule has 0 atom stereocenters. The van der Waals surface area contributed by atoms with Crippen LogP contribution < -0.4 is 4.90 Å². The smallest absolute Gasteiger partial charge is 0.157 e. The molecule has 2 N–H and O–H groups in total. The molecule has 0 spiro atoms. The Bertz CT molecular complexity index is 1340. The second-order valence-corrected chi connectivity index (χ2v) is 8.93. The Balaban J connectivity index is 1.30. The first-order valence-corrected chi connectivity index (χ1v) is 11.6. The lowest BCUT2D eigenvalue weighted by Crippen LogP contribution is -2.44. The minimum absolute atomic E-state index is 0.246. The van der Waals surface area contributed by atoms with Gasteiger partial charge >= 0.3 is 0 Å². The van der Waals surface area contributed by atoms with Gasteiger partial charge in [0.25, 0.3) is 0 Å². The topological polar surface area (TPSA) is 76.7 Å². The molecule has 4 heterocycles. The number of fused-ring (bicyclic) bond motifs is 1. The number of halogens is 1. The van der Waals surface area contributed by atoms with E-state index in [2.05, 4.69) is 50.2 Å². The number of allylic oxidation sites excluding steroid dienone is 1. The molecule has 6 rings (SSSR count). The fourth-order valence-electron chi connectivity index (χ4n) is 4.75. The van der Waals surface area contributed by atoms with Crippen LogP contribution in [0.2, 0.25) is 0 Å². The quantitative estimate of drug-likeness (QED) is 0.484. The van der Waals surface area contributed by atoms with Crippen LogP contribution in [0.15, 0.2) is 54.9 Å². The molecule has 8 heteroatoms. The molecule has 172 valence electrons. The molecule has 0 unspecified atom stereocenters. The number of hydrogen-bond donors (Lipinski definition) is 2. The van der Waals surface area contributed by atoms with Crippen LogP contribution in [0, 0.1) is 5.82 Å². The van der Waals surface area contributed by atoms with E-state index in [0.717, 1.165) is 90.0 Å². The number of likely N-dealkylation sites (N-methyl/N-ethyl adjacent to an activating group) is 1. The van der Waals surface area contributed by atoms with Crippen molar-refractivity contribution in [2.24, 2.45) is 0 Å². The molecular formula is C26H26FN7. The van der Waals surface area contributed by atoms with Crippen molar-refractivity contribution in [2.75, 3.05) is 38.1 Å². The highest BCUT2D eigenvalue weighted by atomic mass is 19.1. The van der Waals surface area contributed by atoms with Crippen LogP contribution in [0.1, 0.15) is 23.4 Å². The summed E-state index contributed by atoms with van der Waals surface area (Å²) in [4.78, 5) is 17.8. The van der Waals surface area contributed by atoms with E-state index in [1.807, 2.05) is 18.5 Å². The number of hydrogen-bond acceptors (Lipinski definition) is 5. The molecule has 7 nitrogen and oxygen atoms in total. The van der Waals surface area contributed by atoms with Crippen LogP contribution >= 0.6 is 0 Å². The van der Waals surface area contributed by atoms with Crippen molar-refractivity contribution in [1.82, 2.24) is 30.0 Å². The SMILES string of the molecule is CN1CCN(c2ccc(-c3cn[nH]c3-c3nc4c([nH]3)CCC=C4c3cccc(F)c3)cn2)CC1. The maximum Gasteiger partial charge on any atom is 0.157 e. The van der Waals surface area contributed by atoms with Crippen molar-refractivity contribution in [3.05, 3.63) is 77.6 Å². The van der Waals surface area contributed by atoms with Gasteiger partial charge in [-0.25, -0.2) is 14.4 Å². The summed E-state index contributed by atoms with van der Waals surface area (Å²) in [5.41, 5.74) is 6.48. The van der Waals surface area contributed by atoms with Crippen LogP contribution in [-0.4, -0.2) is 63.3 Å². The molecule has 0 radical (unpaired) electrons. The van der Waals surface area contributed by atoms with Gasteiger partial charge in [0.1, 0.15) is 17.3 Å². The van der Waals surface area contributed by atoms with Gasteiger partial charge in [-0.3, -0.25) is 5.10 Å². The molecule has 4 aromatic rings. The van der Waals surface area contributed by atoms with Gasteiger partial charge in [-0.05, 0) is 49.7 Å². The fourth-order valence-corrected chi connectivity index (χ4v) is 4.75.